The number of carboxylic acids is 1. The topological polar surface area (TPSA) is 91.3 Å². The highest BCUT2D eigenvalue weighted by molar-refractivity contribution is 5.94. The maximum atomic E-state index is 11.5. The largest absolute Gasteiger partial charge is 0.478 e. The Bertz CT molecular complexity index is 443. The second-order valence-electron chi connectivity index (χ2n) is 3.97. The van der Waals surface area contributed by atoms with Gasteiger partial charge in [-0.05, 0) is 18.9 Å². The summed E-state index contributed by atoms with van der Waals surface area (Å²) in [6.07, 6.45) is 4.88. The van der Waals surface area contributed by atoms with Crippen LogP contribution in [0.25, 0.3) is 0 Å². The smallest absolute Gasteiger partial charge is 0.337 e. The van der Waals surface area contributed by atoms with E-state index in [4.69, 9.17) is 5.11 Å². The summed E-state index contributed by atoms with van der Waals surface area (Å²) in [6, 6.07) is 1.84. The molecule has 0 spiro atoms. The van der Waals surface area contributed by atoms with E-state index in [1.807, 2.05) is 0 Å². The number of rotatable bonds is 5. The lowest BCUT2D eigenvalue weighted by Gasteiger charge is -2.06. The van der Waals surface area contributed by atoms with Crippen molar-refractivity contribution in [2.75, 3.05) is 11.9 Å². The molecule has 1 heterocycles. The Labute approximate surface area is 98.1 Å². The van der Waals surface area contributed by atoms with E-state index in [9.17, 15) is 9.59 Å². The van der Waals surface area contributed by atoms with Crippen LogP contribution in [0.5, 0.6) is 0 Å². The van der Waals surface area contributed by atoms with Crippen LogP contribution in [0.1, 0.15) is 23.2 Å². The Morgan fingerprint density at radius 3 is 2.82 bits per heavy atom. The summed E-state index contributed by atoms with van der Waals surface area (Å²) in [7, 11) is 0. The van der Waals surface area contributed by atoms with Gasteiger partial charge < -0.3 is 15.7 Å². The maximum Gasteiger partial charge on any atom is 0.337 e. The lowest BCUT2D eigenvalue weighted by Crippen LogP contribution is -2.29. The number of pyridine rings is 1. The van der Waals surface area contributed by atoms with Crippen LogP contribution in [0.3, 0.4) is 0 Å². The Morgan fingerprint density at radius 2 is 2.18 bits per heavy atom. The van der Waals surface area contributed by atoms with E-state index in [0.717, 1.165) is 12.8 Å². The van der Waals surface area contributed by atoms with Crippen LogP contribution in [0, 0.1) is 0 Å². The van der Waals surface area contributed by atoms with Gasteiger partial charge >= 0.3 is 5.97 Å². The van der Waals surface area contributed by atoms with Gasteiger partial charge in [0.2, 0.25) is 5.91 Å². The molecule has 1 aromatic rings. The molecule has 0 radical (unpaired) electrons. The van der Waals surface area contributed by atoms with Crippen LogP contribution in [0.2, 0.25) is 0 Å². The van der Waals surface area contributed by atoms with E-state index in [2.05, 4.69) is 15.6 Å². The number of anilines is 1. The van der Waals surface area contributed by atoms with E-state index in [0.29, 0.717) is 11.7 Å². The molecule has 1 aliphatic rings. The third-order valence-electron chi connectivity index (χ3n) is 2.40. The van der Waals surface area contributed by atoms with Gasteiger partial charge in [0.15, 0.2) is 0 Å². The lowest BCUT2D eigenvalue weighted by molar-refractivity contribution is -0.115. The highest BCUT2D eigenvalue weighted by Gasteiger charge is 2.21. The minimum atomic E-state index is -1.07. The minimum absolute atomic E-state index is 0.0537. The number of hydrogen-bond acceptors (Lipinski definition) is 4. The summed E-state index contributed by atoms with van der Waals surface area (Å²) in [5.74, 6) is -1.26. The molecule has 0 atom stereocenters. The first-order valence-corrected chi connectivity index (χ1v) is 5.37. The van der Waals surface area contributed by atoms with Gasteiger partial charge in [0, 0.05) is 12.2 Å². The van der Waals surface area contributed by atoms with Gasteiger partial charge in [-0.15, -0.1) is 0 Å². The quantitative estimate of drug-likeness (QED) is 0.690. The Morgan fingerprint density at radius 1 is 1.41 bits per heavy atom. The molecule has 1 aliphatic carbocycles. The van der Waals surface area contributed by atoms with Gasteiger partial charge in [-0.1, -0.05) is 0 Å². The first kappa shape index (κ1) is 11.5. The number of carboxylic acid groups (broad SMARTS) is 1. The number of carbonyl (C=O) groups excluding carboxylic acids is 1. The van der Waals surface area contributed by atoms with E-state index in [-0.39, 0.29) is 18.0 Å². The molecule has 6 heteroatoms. The maximum absolute atomic E-state index is 11.5. The molecule has 0 unspecified atom stereocenters. The van der Waals surface area contributed by atoms with Gasteiger partial charge in [-0.25, -0.2) is 4.79 Å². The zero-order valence-corrected chi connectivity index (χ0v) is 9.14. The van der Waals surface area contributed by atoms with Gasteiger partial charge in [0.1, 0.15) is 0 Å². The molecular formula is C11H13N3O3. The van der Waals surface area contributed by atoms with Gasteiger partial charge in [-0.2, -0.15) is 0 Å². The van der Waals surface area contributed by atoms with Crippen molar-refractivity contribution in [3.63, 3.8) is 0 Å². The first-order chi connectivity index (χ1) is 8.15. The molecule has 6 nitrogen and oxygen atoms in total. The Kier molecular flexibility index (Phi) is 3.34. The zero-order chi connectivity index (χ0) is 12.3. The van der Waals surface area contributed by atoms with Crippen molar-refractivity contribution in [2.45, 2.75) is 18.9 Å². The number of nitrogens with one attached hydrogen (secondary N) is 2. The number of amides is 1. The normalized spacial score (nSPS) is 14.4. The third kappa shape index (κ3) is 3.53. The highest BCUT2D eigenvalue weighted by atomic mass is 16.4. The summed E-state index contributed by atoms with van der Waals surface area (Å²) in [6.45, 7) is 0.238. The lowest BCUT2D eigenvalue weighted by atomic mass is 10.2. The molecule has 0 aromatic carbocycles. The average molecular weight is 235 g/mol. The van der Waals surface area contributed by atoms with E-state index in [1.54, 1.807) is 0 Å². The fourth-order valence-electron chi connectivity index (χ4n) is 1.35. The summed E-state index contributed by atoms with van der Waals surface area (Å²) >= 11 is 0. The fourth-order valence-corrected chi connectivity index (χ4v) is 1.35. The molecule has 2 rings (SSSR count). The van der Waals surface area contributed by atoms with Crippen molar-refractivity contribution in [3.8, 4) is 0 Å². The molecule has 0 bridgehead atoms. The standard InChI is InChI=1S/C11H13N3O3/c15-10(6-13-8-1-2-8)14-9-3-7(11(16)17)4-12-5-9/h3-5,8,13H,1-2,6H2,(H,14,15)(H,16,17). The van der Waals surface area contributed by atoms with Crippen LogP contribution in [0.15, 0.2) is 18.5 Å². The Balaban J connectivity index is 1.90. The summed E-state index contributed by atoms with van der Waals surface area (Å²) in [5.41, 5.74) is 0.449. The molecular weight excluding hydrogens is 222 g/mol. The molecule has 1 aromatic heterocycles. The minimum Gasteiger partial charge on any atom is -0.478 e. The molecule has 1 amide bonds. The van der Waals surface area contributed by atoms with Crippen molar-refractivity contribution in [1.29, 1.82) is 0 Å². The SMILES string of the molecule is O=C(CNC1CC1)Nc1cncc(C(=O)O)c1. The van der Waals surface area contributed by atoms with E-state index >= 15 is 0 Å². The number of aromatic nitrogens is 1. The summed E-state index contributed by atoms with van der Waals surface area (Å²) in [4.78, 5) is 25.9. The molecule has 90 valence electrons. The van der Waals surface area contributed by atoms with Crippen molar-refractivity contribution in [1.82, 2.24) is 10.3 Å². The van der Waals surface area contributed by atoms with Crippen molar-refractivity contribution in [2.24, 2.45) is 0 Å². The first-order valence-electron chi connectivity index (χ1n) is 5.37. The van der Waals surface area contributed by atoms with Crippen molar-refractivity contribution < 1.29 is 14.7 Å². The van der Waals surface area contributed by atoms with Crippen molar-refractivity contribution >= 4 is 17.6 Å². The van der Waals surface area contributed by atoms with E-state index in [1.165, 1.54) is 18.5 Å². The highest BCUT2D eigenvalue weighted by Crippen LogP contribution is 2.18. The number of carbonyl (C=O) groups is 2. The second-order valence-corrected chi connectivity index (χ2v) is 3.97. The molecule has 0 aliphatic heterocycles. The van der Waals surface area contributed by atoms with Gasteiger partial charge in [-0.3, -0.25) is 9.78 Å². The van der Waals surface area contributed by atoms with Crippen LogP contribution < -0.4 is 10.6 Å². The number of hydrogen-bond donors (Lipinski definition) is 3. The predicted molar refractivity (Wildman–Crippen MR) is 60.9 cm³/mol. The zero-order valence-electron chi connectivity index (χ0n) is 9.14. The fraction of sp³-hybridized carbons (Fsp3) is 0.364. The molecule has 17 heavy (non-hydrogen) atoms. The number of aromatic carboxylic acids is 1. The van der Waals surface area contributed by atoms with Crippen LogP contribution >= 0.6 is 0 Å². The Hall–Kier alpha value is -1.95. The third-order valence-corrected chi connectivity index (χ3v) is 2.40. The second kappa shape index (κ2) is 4.92. The summed E-state index contributed by atoms with van der Waals surface area (Å²) < 4.78 is 0. The monoisotopic (exact) mass is 235 g/mol. The average Bonchev–Trinajstić information content (AvgIpc) is 3.10. The predicted octanol–water partition coefficient (Wildman–Crippen LogP) is 0.470. The van der Waals surface area contributed by atoms with Crippen LogP contribution in [-0.2, 0) is 4.79 Å². The summed E-state index contributed by atoms with van der Waals surface area (Å²) in [5, 5.41) is 14.4. The molecule has 3 N–H and O–H groups in total. The van der Waals surface area contributed by atoms with E-state index < -0.39 is 5.97 Å². The van der Waals surface area contributed by atoms with Gasteiger partial charge in [0.05, 0.1) is 24.0 Å². The molecule has 1 saturated carbocycles. The molecule has 1 fully saturated rings. The van der Waals surface area contributed by atoms with Gasteiger partial charge in [0.25, 0.3) is 0 Å². The van der Waals surface area contributed by atoms with Crippen LogP contribution in [-0.4, -0.2) is 34.6 Å². The van der Waals surface area contributed by atoms with Crippen molar-refractivity contribution in [3.05, 3.63) is 24.0 Å². The molecule has 0 saturated heterocycles. The van der Waals surface area contributed by atoms with Crippen LogP contribution in [0.4, 0.5) is 5.69 Å². The number of nitrogens with zero attached hydrogens (tertiary/aromatic N) is 1.